The van der Waals surface area contributed by atoms with E-state index in [1.165, 1.54) is 0 Å². The number of rotatable bonds is 2. The summed E-state index contributed by atoms with van der Waals surface area (Å²) < 4.78 is 7.08. The molecule has 3 nitrogen and oxygen atoms in total. The Bertz CT molecular complexity index is 217. The Morgan fingerprint density at radius 3 is 2.80 bits per heavy atom. The van der Waals surface area contributed by atoms with E-state index in [0.29, 0.717) is 12.6 Å². The molecule has 0 spiro atoms. The highest BCUT2D eigenvalue weighted by atomic mass is 16.5. The highest BCUT2D eigenvalue weighted by Crippen LogP contribution is 2.07. The quantitative estimate of drug-likeness (QED) is 0.615. The summed E-state index contributed by atoms with van der Waals surface area (Å²) in [4.78, 5) is 4.14. The maximum atomic E-state index is 5.21. The first-order valence-electron chi connectivity index (χ1n) is 3.36. The van der Waals surface area contributed by atoms with Crippen molar-refractivity contribution in [2.45, 2.75) is 13.8 Å². The molecule has 0 aromatic carbocycles. The third kappa shape index (κ3) is 1.29. The second kappa shape index (κ2) is 2.73. The fourth-order valence-corrected chi connectivity index (χ4v) is 0.857. The molecule has 1 heterocycles. The zero-order chi connectivity index (χ0) is 7.56. The SMILES string of the molecule is CCOc1nc(C)cn1C. The van der Waals surface area contributed by atoms with Crippen molar-refractivity contribution in [1.82, 2.24) is 9.55 Å². The van der Waals surface area contributed by atoms with Crippen molar-refractivity contribution >= 4 is 0 Å². The van der Waals surface area contributed by atoms with Gasteiger partial charge in [-0.05, 0) is 13.8 Å². The van der Waals surface area contributed by atoms with Gasteiger partial charge in [-0.2, -0.15) is 0 Å². The normalized spacial score (nSPS) is 9.90. The lowest BCUT2D eigenvalue weighted by Gasteiger charge is -1.99. The Balaban J connectivity index is 2.81. The van der Waals surface area contributed by atoms with Crippen LogP contribution < -0.4 is 4.74 Å². The first kappa shape index (κ1) is 7.12. The molecule has 0 saturated heterocycles. The molecule has 0 radical (unpaired) electrons. The van der Waals surface area contributed by atoms with Gasteiger partial charge in [-0.1, -0.05) is 0 Å². The van der Waals surface area contributed by atoms with Gasteiger partial charge in [0.1, 0.15) is 0 Å². The van der Waals surface area contributed by atoms with Crippen molar-refractivity contribution in [3.63, 3.8) is 0 Å². The Hall–Kier alpha value is -0.990. The van der Waals surface area contributed by atoms with Gasteiger partial charge in [-0.3, -0.25) is 0 Å². The van der Waals surface area contributed by atoms with Crippen LogP contribution in [0.2, 0.25) is 0 Å². The minimum atomic E-state index is 0.671. The molecule has 0 saturated carbocycles. The third-order valence-electron chi connectivity index (χ3n) is 1.23. The molecule has 0 aliphatic carbocycles. The monoisotopic (exact) mass is 140 g/mol. The van der Waals surface area contributed by atoms with Gasteiger partial charge in [-0.15, -0.1) is 0 Å². The van der Waals surface area contributed by atoms with Gasteiger partial charge < -0.3 is 9.30 Å². The second-order valence-electron chi connectivity index (χ2n) is 2.21. The van der Waals surface area contributed by atoms with Crippen molar-refractivity contribution in [2.24, 2.45) is 7.05 Å². The molecular formula is C7H12N2O. The standard InChI is InChI=1S/C7H12N2O/c1-4-10-7-8-6(2)5-9(7)3/h5H,4H2,1-3H3. The van der Waals surface area contributed by atoms with E-state index in [1.54, 1.807) is 0 Å². The fraction of sp³-hybridized carbons (Fsp3) is 0.571. The Labute approximate surface area is 60.6 Å². The van der Waals surface area contributed by atoms with Gasteiger partial charge in [0.05, 0.1) is 12.3 Å². The third-order valence-corrected chi connectivity index (χ3v) is 1.23. The zero-order valence-electron chi connectivity index (χ0n) is 6.59. The van der Waals surface area contributed by atoms with Gasteiger partial charge >= 0.3 is 0 Å². The van der Waals surface area contributed by atoms with Gasteiger partial charge in [0.2, 0.25) is 0 Å². The van der Waals surface area contributed by atoms with Crippen LogP contribution in [0.25, 0.3) is 0 Å². The zero-order valence-corrected chi connectivity index (χ0v) is 6.59. The molecule has 10 heavy (non-hydrogen) atoms. The van der Waals surface area contributed by atoms with Crippen LogP contribution >= 0.6 is 0 Å². The minimum Gasteiger partial charge on any atom is -0.465 e. The van der Waals surface area contributed by atoms with Gasteiger partial charge in [0, 0.05) is 13.2 Å². The van der Waals surface area contributed by atoms with Gasteiger partial charge in [-0.25, -0.2) is 4.98 Å². The van der Waals surface area contributed by atoms with E-state index in [9.17, 15) is 0 Å². The van der Waals surface area contributed by atoms with E-state index in [0.717, 1.165) is 5.69 Å². The number of nitrogens with zero attached hydrogens (tertiary/aromatic N) is 2. The molecule has 1 aromatic rings. The maximum Gasteiger partial charge on any atom is 0.296 e. The fourth-order valence-electron chi connectivity index (χ4n) is 0.857. The van der Waals surface area contributed by atoms with Crippen LogP contribution in [-0.2, 0) is 7.05 Å². The first-order valence-corrected chi connectivity index (χ1v) is 3.36. The van der Waals surface area contributed by atoms with Crippen LogP contribution in [0.3, 0.4) is 0 Å². The number of aryl methyl sites for hydroxylation is 2. The smallest absolute Gasteiger partial charge is 0.296 e. The number of imidazole rings is 1. The second-order valence-corrected chi connectivity index (χ2v) is 2.21. The van der Waals surface area contributed by atoms with E-state index < -0.39 is 0 Å². The molecule has 0 N–H and O–H groups in total. The molecule has 0 aliphatic rings. The summed E-state index contributed by atoms with van der Waals surface area (Å²) in [6, 6.07) is 0.694. The Kier molecular flexibility index (Phi) is 1.94. The number of hydrogen-bond acceptors (Lipinski definition) is 2. The van der Waals surface area contributed by atoms with E-state index >= 15 is 0 Å². The number of hydrogen-bond donors (Lipinski definition) is 0. The maximum absolute atomic E-state index is 5.21. The van der Waals surface area contributed by atoms with Gasteiger partial charge in [0.15, 0.2) is 0 Å². The van der Waals surface area contributed by atoms with Crippen LogP contribution in [-0.4, -0.2) is 16.2 Å². The predicted octanol–water partition coefficient (Wildman–Crippen LogP) is 1.13. The minimum absolute atomic E-state index is 0.671. The summed E-state index contributed by atoms with van der Waals surface area (Å²) in [6.07, 6.45) is 1.94. The average Bonchev–Trinajstić information content (AvgIpc) is 2.13. The van der Waals surface area contributed by atoms with E-state index in [4.69, 9.17) is 4.74 Å². The van der Waals surface area contributed by atoms with Crippen molar-refractivity contribution < 1.29 is 4.74 Å². The van der Waals surface area contributed by atoms with E-state index in [2.05, 4.69) is 4.98 Å². The molecular weight excluding hydrogens is 128 g/mol. The van der Waals surface area contributed by atoms with Crippen molar-refractivity contribution in [3.05, 3.63) is 11.9 Å². The lowest BCUT2D eigenvalue weighted by atomic mass is 10.6. The molecule has 0 bridgehead atoms. The van der Waals surface area contributed by atoms with E-state index in [1.807, 2.05) is 31.7 Å². The summed E-state index contributed by atoms with van der Waals surface area (Å²) in [5, 5.41) is 0. The summed E-state index contributed by atoms with van der Waals surface area (Å²) >= 11 is 0. The van der Waals surface area contributed by atoms with Crippen molar-refractivity contribution in [3.8, 4) is 6.01 Å². The van der Waals surface area contributed by atoms with Crippen molar-refractivity contribution in [1.29, 1.82) is 0 Å². The highest BCUT2D eigenvalue weighted by Gasteiger charge is 1.99. The predicted molar refractivity (Wildman–Crippen MR) is 39.1 cm³/mol. The molecule has 0 fully saturated rings. The topological polar surface area (TPSA) is 27.1 Å². The molecule has 1 rings (SSSR count). The van der Waals surface area contributed by atoms with Crippen molar-refractivity contribution in [2.75, 3.05) is 6.61 Å². The van der Waals surface area contributed by atoms with Crippen LogP contribution in [0.1, 0.15) is 12.6 Å². The molecule has 0 atom stereocenters. The highest BCUT2D eigenvalue weighted by molar-refractivity contribution is 5.05. The average molecular weight is 140 g/mol. The molecule has 0 unspecified atom stereocenters. The largest absolute Gasteiger partial charge is 0.465 e. The summed E-state index contributed by atoms with van der Waals surface area (Å²) in [5.41, 5.74) is 0.992. The Morgan fingerprint density at radius 1 is 1.70 bits per heavy atom. The molecule has 56 valence electrons. The van der Waals surface area contributed by atoms with Crippen LogP contribution in [0, 0.1) is 6.92 Å². The number of ether oxygens (including phenoxy) is 1. The molecule has 3 heteroatoms. The molecule has 0 amide bonds. The first-order chi connectivity index (χ1) is 4.74. The lowest BCUT2D eigenvalue weighted by Crippen LogP contribution is -1.98. The lowest BCUT2D eigenvalue weighted by molar-refractivity contribution is 0.302. The van der Waals surface area contributed by atoms with Crippen LogP contribution in [0.4, 0.5) is 0 Å². The molecule has 1 aromatic heterocycles. The van der Waals surface area contributed by atoms with Crippen LogP contribution in [0.5, 0.6) is 6.01 Å². The summed E-state index contributed by atoms with van der Waals surface area (Å²) in [5.74, 6) is 0. The molecule has 0 aliphatic heterocycles. The number of aromatic nitrogens is 2. The van der Waals surface area contributed by atoms with Crippen LogP contribution in [0.15, 0.2) is 6.20 Å². The summed E-state index contributed by atoms with van der Waals surface area (Å²) in [7, 11) is 1.92. The van der Waals surface area contributed by atoms with Gasteiger partial charge in [0.25, 0.3) is 6.01 Å². The van der Waals surface area contributed by atoms with E-state index in [-0.39, 0.29) is 0 Å². The summed E-state index contributed by atoms with van der Waals surface area (Å²) in [6.45, 7) is 4.57. The Morgan fingerprint density at radius 2 is 2.40 bits per heavy atom.